The molecule has 1 aromatic carbocycles. The van der Waals surface area contributed by atoms with Gasteiger partial charge in [-0.05, 0) is 37.1 Å². The third kappa shape index (κ3) is 2.17. The van der Waals surface area contributed by atoms with Crippen LogP contribution < -0.4 is 4.90 Å². The van der Waals surface area contributed by atoms with Crippen molar-refractivity contribution in [3.05, 3.63) is 53.6 Å². The number of fused-ring (bicyclic) bond motifs is 1. The van der Waals surface area contributed by atoms with Crippen LogP contribution in [0.15, 0.2) is 36.7 Å². The fraction of sp³-hybridized carbons (Fsp3) is 0.235. The zero-order valence-corrected chi connectivity index (χ0v) is 12.8. The second-order valence-electron chi connectivity index (χ2n) is 5.75. The van der Waals surface area contributed by atoms with Crippen LogP contribution in [0.4, 0.5) is 5.69 Å². The largest absolute Gasteiger partial charge is 0.339 e. The molecular weight excluding hydrogens is 308 g/mol. The van der Waals surface area contributed by atoms with Gasteiger partial charge in [-0.25, -0.2) is 14.9 Å². The Morgan fingerprint density at radius 2 is 1.42 bits per heavy atom. The molecule has 2 aliphatic rings. The van der Waals surface area contributed by atoms with Gasteiger partial charge in [-0.15, -0.1) is 0 Å². The number of hydrogen-bond donors (Lipinski definition) is 0. The summed E-state index contributed by atoms with van der Waals surface area (Å²) in [6.07, 6.45) is 4.81. The Morgan fingerprint density at radius 1 is 0.875 bits per heavy atom. The quantitative estimate of drug-likeness (QED) is 0.783. The Balaban J connectivity index is 1.61. The van der Waals surface area contributed by atoms with Gasteiger partial charge in [0.2, 0.25) is 0 Å². The van der Waals surface area contributed by atoms with Crippen LogP contribution in [0, 0.1) is 0 Å². The Kier molecular flexibility index (Phi) is 3.34. The highest BCUT2D eigenvalue weighted by Gasteiger charge is 2.39. The van der Waals surface area contributed by atoms with E-state index in [1.165, 1.54) is 12.4 Å². The Bertz CT molecular complexity index is 806. The van der Waals surface area contributed by atoms with Crippen LogP contribution in [0.5, 0.6) is 0 Å². The summed E-state index contributed by atoms with van der Waals surface area (Å²) in [5, 5.41) is 0. The molecule has 7 heteroatoms. The molecule has 7 nitrogen and oxygen atoms in total. The van der Waals surface area contributed by atoms with E-state index in [0.717, 1.165) is 30.8 Å². The topological polar surface area (TPSA) is 83.5 Å². The van der Waals surface area contributed by atoms with Gasteiger partial charge in [0.25, 0.3) is 17.7 Å². The summed E-state index contributed by atoms with van der Waals surface area (Å²) in [5.41, 5.74) is 1.07. The maximum absolute atomic E-state index is 12.4. The van der Waals surface area contributed by atoms with Crippen molar-refractivity contribution >= 4 is 23.4 Å². The molecule has 0 unspecified atom stereocenters. The van der Waals surface area contributed by atoms with Crippen molar-refractivity contribution in [3.63, 3.8) is 0 Å². The molecule has 2 aromatic rings. The molecule has 0 spiro atoms. The number of amides is 3. The molecule has 0 saturated carbocycles. The van der Waals surface area contributed by atoms with E-state index in [0.29, 0.717) is 11.3 Å². The lowest BCUT2D eigenvalue weighted by atomic mass is 10.1. The first kappa shape index (κ1) is 14.5. The minimum Gasteiger partial charge on any atom is -0.339 e. The third-order valence-electron chi connectivity index (χ3n) is 4.28. The van der Waals surface area contributed by atoms with Crippen LogP contribution >= 0.6 is 0 Å². The van der Waals surface area contributed by atoms with E-state index in [1.807, 2.05) is 4.90 Å². The van der Waals surface area contributed by atoms with Crippen LogP contribution in [0.2, 0.25) is 0 Å². The molecule has 0 radical (unpaired) electrons. The number of hydrogen-bond acceptors (Lipinski definition) is 5. The number of imide groups is 1. The van der Waals surface area contributed by atoms with Crippen LogP contribution in [-0.2, 0) is 0 Å². The fourth-order valence-corrected chi connectivity index (χ4v) is 3.05. The zero-order chi connectivity index (χ0) is 16.7. The molecule has 2 aliphatic heterocycles. The minimum absolute atomic E-state index is 0.0234. The first-order valence-corrected chi connectivity index (χ1v) is 7.76. The molecule has 120 valence electrons. The number of anilines is 1. The number of carbonyl (C=O) groups excluding carboxylic acids is 3. The summed E-state index contributed by atoms with van der Waals surface area (Å²) in [7, 11) is 0. The van der Waals surface area contributed by atoms with Gasteiger partial charge >= 0.3 is 0 Å². The van der Waals surface area contributed by atoms with Crippen LogP contribution in [0.3, 0.4) is 0 Å². The lowest BCUT2D eigenvalue weighted by molar-refractivity contribution is 0.0792. The van der Waals surface area contributed by atoms with E-state index in [9.17, 15) is 14.4 Å². The normalized spacial score (nSPS) is 16.7. The van der Waals surface area contributed by atoms with Crippen molar-refractivity contribution in [3.8, 4) is 0 Å². The summed E-state index contributed by atoms with van der Waals surface area (Å²) in [4.78, 5) is 47.8. The minimum atomic E-state index is -0.498. The van der Waals surface area contributed by atoms with E-state index >= 15 is 0 Å². The predicted octanol–water partition coefficient (Wildman–Crippen LogP) is 1.51. The summed E-state index contributed by atoms with van der Waals surface area (Å²) < 4.78 is 0. The molecule has 0 aliphatic carbocycles. The van der Waals surface area contributed by atoms with Gasteiger partial charge in [0.1, 0.15) is 0 Å². The van der Waals surface area contributed by atoms with Crippen LogP contribution in [0.25, 0.3) is 0 Å². The number of rotatable bonds is 2. The average Bonchev–Trinajstić information content (AvgIpc) is 3.23. The third-order valence-corrected chi connectivity index (χ3v) is 4.28. The van der Waals surface area contributed by atoms with Crippen molar-refractivity contribution in [2.75, 3.05) is 18.0 Å². The standard InChI is InChI=1S/C17H14N4O3/c22-15(20-9-1-2-10-20)11-3-5-12(6-4-11)21-16(23)13-14(17(21)24)19-8-7-18-13/h3-8H,1-2,9-10H2. The number of nitrogens with zero attached hydrogens (tertiary/aromatic N) is 4. The van der Waals surface area contributed by atoms with Crippen LogP contribution in [0.1, 0.15) is 44.2 Å². The van der Waals surface area contributed by atoms with Gasteiger partial charge in [-0.1, -0.05) is 0 Å². The highest BCUT2D eigenvalue weighted by molar-refractivity contribution is 6.33. The fourth-order valence-electron chi connectivity index (χ4n) is 3.05. The summed E-state index contributed by atoms with van der Waals surface area (Å²) >= 11 is 0. The van der Waals surface area contributed by atoms with Gasteiger partial charge in [0, 0.05) is 31.0 Å². The summed E-state index contributed by atoms with van der Waals surface area (Å²) in [5.74, 6) is -1.02. The van der Waals surface area contributed by atoms with E-state index in [4.69, 9.17) is 0 Å². The molecule has 1 aromatic heterocycles. The summed E-state index contributed by atoms with van der Waals surface area (Å²) in [6, 6.07) is 6.48. The molecule has 0 atom stereocenters. The van der Waals surface area contributed by atoms with E-state index in [1.54, 1.807) is 24.3 Å². The molecule has 4 rings (SSSR count). The van der Waals surface area contributed by atoms with Gasteiger partial charge < -0.3 is 4.90 Å². The van der Waals surface area contributed by atoms with Crippen molar-refractivity contribution in [2.24, 2.45) is 0 Å². The average molecular weight is 322 g/mol. The Labute approximate surface area is 137 Å². The van der Waals surface area contributed by atoms with Gasteiger partial charge in [-0.3, -0.25) is 14.4 Å². The molecule has 1 fully saturated rings. The number of likely N-dealkylation sites (tertiary alicyclic amines) is 1. The van der Waals surface area contributed by atoms with Crippen molar-refractivity contribution in [1.29, 1.82) is 0 Å². The molecular formula is C17H14N4O3. The van der Waals surface area contributed by atoms with Gasteiger partial charge in [-0.2, -0.15) is 0 Å². The zero-order valence-electron chi connectivity index (χ0n) is 12.8. The van der Waals surface area contributed by atoms with Gasteiger partial charge in [0.05, 0.1) is 5.69 Å². The SMILES string of the molecule is O=C(c1ccc(N2C(=O)c3nccnc3C2=O)cc1)N1CCCC1. The highest BCUT2D eigenvalue weighted by atomic mass is 16.2. The smallest absolute Gasteiger partial charge is 0.286 e. The lowest BCUT2D eigenvalue weighted by Crippen LogP contribution is -2.30. The van der Waals surface area contributed by atoms with Crippen molar-refractivity contribution in [1.82, 2.24) is 14.9 Å². The molecule has 3 amide bonds. The van der Waals surface area contributed by atoms with Crippen LogP contribution in [-0.4, -0.2) is 45.7 Å². The number of carbonyl (C=O) groups is 3. The monoisotopic (exact) mass is 322 g/mol. The predicted molar refractivity (Wildman–Crippen MR) is 84.8 cm³/mol. The Morgan fingerprint density at radius 3 is 1.96 bits per heavy atom. The Hall–Kier alpha value is -3.09. The summed E-state index contributed by atoms with van der Waals surface area (Å²) in [6.45, 7) is 1.55. The van der Waals surface area contributed by atoms with E-state index in [-0.39, 0.29) is 17.3 Å². The van der Waals surface area contributed by atoms with Crippen molar-refractivity contribution < 1.29 is 14.4 Å². The molecule has 24 heavy (non-hydrogen) atoms. The second kappa shape index (κ2) is 5.52. The molecule has 1 saturated heterocycles. The molecule has 0 N–H and O–H groups in total. The second-order valence-corrected chi connectivity index (χ2v) is 5.75. The molecule has 0 bridgehead atoms. The van der Waals surface area contributed by atoms with Crippen molar-refractivity contribution in [2.45, 2.75) is 12.8 Å². The highest BCUT2D eigenvalue weighted by Crippen LogP contribution is 2.26. The first-order valence-electron chi connectivity index (χ1n) is 7.76. The number of aromatic nitrogens is 2. The maximum atomic E-state index is 12.4. The van der Waals surface area contributed by atoms with E-state index < -0.39 is 11.8 Å². The maximum Gasteiger partial charge on any atom is 0.286 e. The lowest BCUT2D eigenvalue weighted by Gasteiger charge is -2.17. The van der Waals surface area contributed by atoms with E-state index in [2.05, 4.69) is 9.97 Å². The molecule has 3 heterocycles. The van der Waals surface area contributed by atoms with Gasteiger partial charge in [0.15, 0.2) is 11.4 Å². The first-order chi connectivity index (χ1) is 11.7. The number of benzene rings is 1.